The van der Waals surface area contributed by atoms with E-state index in [-0.39, 0.29) is 17.4 Å². The van der Waals surface area contributed by atoms with Crippen LogP contribution in [0.25, 0.3) is 16.7 Å². The van der Waals surface area contributed by atoms with E-state index in [9.17, 15) is 4.79 Å². The number of rotatable bonds is 4. The van der Waals surface area contributed by atoms with E-state index in [0.29, 0.717) is 40.6 Å². The first kappa shape index (κ1) is 17.6. The van der Waals surface area contributed by atoms with Crippen LogP contribution in [0.1, 0.15) is 29.6 Å². The number of aromatic nitrogens is 6. The zero-order valence-corrected chi connectivity index (χ0v) is 16.8. The summed E-state index contributed by atoms with van der Waals surface area (Å²) in [6.45, 7) is 0.157. The Morgan fingerprint density at radius 1 is 1.23 bits per heavy atom. The molecule has 3 atom stereocenters. The van der Waals surface area contributed by atoms with Crippen molar-refractivity contribution in [2.45, 2.75) is 18.9 Å². The predicted octanol–water partition coefficient (Wildman–Crippen LogP) is 3.03. The van der Waals surface area contributed by atoms with Gasteiger partial charge < -0.3 is 9.09 Å². The second kappa shape index (κ2) is 6.37. The zero-order valence-electron chi connectivity index (χ0n) is 16.1. The molecular formula is C21H17ClN6O2. The van der Waals surface area contributed by atoms with Gasteiger partial charge in [0.25, 0.3) is 5.56 Å². The maximum absolute atomic E-state index is 12.8. The summed E-state index contributed by atoms with van der Waals surface area (Å²) in [5.41, 5.74) is 3.10. The molecule has 9 heteroatoms. The highest BCUT2D eigenvalue weighted by atomic mass is 35.5. The molecule has 4 aromatic rings. The first-order valence-electron chi connectivity index (χ1n) is 9.76. The van der Waals surface area contributed by atoms with Crippen molar-refractivity contribution in [3.8, 4) is 0 Å². The molecule has 8 nitrogen and oxygen atoms in total. The summed E-state index contributed by atoms with van der Waals surface area (Å²) in [5.74, 6) is 2.39. The van der Waals surface area contributed by atoms with Gasteiger partial charge in [0, 0.05) is 13.0 Å². The fourth-order valence-electron chi connectivity index (χ4n) is 4.50. The third kappa shape index (κ3) is 2.64. The highest BCUT2D eigenvalue weighted by Gasteiger charge is 2.55. The fourth-order valence-corrected chi connectivity index (χ4v) is 4.67. The molecule has 0 saturated heterocycles. The summed E-state index contributed by atoms with van der Waals surface area (Å²) in [5, 5.41) is 4.40. The third-order valence-electron chi connectivity index (χ3n) is 6.12. The summed E-state index contributed by atoms with van der Waals surface area (Å²) in [7, 11) is 1.68. The number of halogens is 1. The molecule has 6 rings (SSSR count). The Labute approximate surface area is 175 Å². The Hall–Kier alpha value is -3.26. The monoisotopic (exact) mass is 420 g/mol. The van der Waals surface area contributed by atoms with Crippen molar-refractivity contribution >= 4 is 28.3 Å². The molecule has 1 fully saturated rings. The van der Waals surface area contributed by atoms with E-state index in [1.807, 2.05) is 6.07 Å². The average Bonchev–Trinajstić information content (AvgIpc) is 3.13. The van der Waals surface area contributed by atoms with Gasteiger partial charge in [-0.25, -0.2) is 4.98 Å². The molecule has 0 amide bonds. The molecule has 1 saturated carbocycles. The molecule has 150 valence electrons. The summed E-state index contributed by atoms with van der Waals surface area (Å²) in [6.07, 6.45) is 4.80. The van der Waals surface area contributed by atoms with Crippen LogP contribution in [0.2, 0.25) is 5.28 Å². The smallest absolute Gasteiger partial charge is 0.280 e. The molecule has 0 bridgehead atoms. The van der Waals surface area contributed by atoms with E-state index in [4.69, 9.17) is 16.1 Å². The number of nitrogens with zero attached hydrogens (tertiary/aromatic N) is 6. The molecule has 2 aliphatic rings. The number of aryl methyl sites for hydroxylation is 1. The Bertz CT molecular complexity index is 1370. The molecule has 0 unspecified atom stereocenters. The van der Waals surface area contributed by atoms with Crippen molar-refractivity contribution in [1.82, 2.24) is 29.2 Å². The van der Waals surface area contributed by atoms with Crippen molar-refractivity contribution in [3.05, 3.63) is 75.7 Å². The zero-order chi connectivity index (χ0) is 20.4. The normalized spacial score (nSPS) is 22.3. The predicted molar refractivity (Wildman–Crippen MR) is 110 cm³/mol. The SMILES string of the molecule is Cn1c(Cl)nc2ncn(Cc3nc([C@@H]4[C@H]5C=C(c6ccccc6)C[C@H]54)no3)c(=O)c21. The number of benzene rings is 1. The van der Waals surface area contributed by atoms with Gasteiger partial charge >= 0.3 is 0 Å². The van der Waals surface area contributed by atoms with Gasteiger partial charge in [-0.2, -0.15) is 9.97 Å². The minimum Gasteiger partial charge on any atom is -0.337 e. The molecule has 30 heavy (non-hydrogen) atoms. The van der Waals surface area contributed by atoms with Crippen molar-refractivity contribution in [2.75, 3.05) is 0 Å². The van der Waals surface area contributed by atoms with Crippen LogP contribution < -0.4 is 5.56 Å². The molecule has 0 radical (unpaired) electrons. The van der Waals surface area contributed by atoms with E-state index >= 15 is 0 Å². The average molecular weight is 421 g/mol. The van der Waals surface area contributed by atoms with Crippen LogP contribution >= 0.6 is 11.6 Å². The summed E-state index contributed by atoms with van der Waals surface area (Å²) >= 11 is 6.00. The lowest BCUT2D eigenvalue weighted by Gasteiger charge is -2.04. The lowest BCUT2D eigenvalue weighted by atomic mass is 10.0. The molecule has 3 heterocycles. The van der Waals surface area contributed by atoms with Gasteiger partial charge in [-0.15, -0.1) is 0 Å². The largest absolute Gasteiger partial charge is 0.337 e. The van der Waals surface area contributed by atoms with E-state index in [1.54, 1.807) is 7.05 Å². The van der Waals surface area contributed by atoms with Gasteiger partial charge in [-0.3, -0.25) is 9.36 Å². The number of allylic oxidation sites excluding steroid dienone is 2. The lowest BCUT2D eigenvalue weighted by Crippen LogP contribution is -2.22. The van der Waals surface area contributed by atoms with Gasteiger partial charge in [0.05, 0.1) is 0 Å². The highest BCUT2D eigenvalue weighted by molar-refractivity contribution is 6.29. The lowest BCUT2D eigenvalue weighted by molar-refractivity contribution is 0.364. The quantitative estimate of drug-likeness (QED) is 0.471. The second-order valence-electron chi connectivity index (χ2n) is 7.87. The Balaban J connectivity index is 1.22. The topological polar surface area (TPSA) is 91.6 Å². The van der Waals surface area contributed by atoms with Crippen molar-refractivity contribution in [3.63, 3.8) is 0 Å². The molecular weight excluding hydrogens is 404 g/mol. The van der Waals surface area contributed by atoms with Crippen molar-refractivity contribution < 1.29 is 4.52 Å². The van der Waals surface area contributed by atoms with Crippen LogP contribution in [0.5, 0.6) is 0 Å². The van der Waals surface area contributed by atoms with Gasteiger partial charge in [-0.1, -0.05) is 41.6 Å². The summed E-state index contributed by atoms with van der Waals surface area (Å²) < 4.78 is 8.38. The first-order chi connectivity index (χ1) is 14.6. The standard InChI is InChI=1S/C21H17ClN6O2/c1-27-17-19(25-21(27)22)23-10-28(20(17)29)9-15-24-18(26-30-15)16-13-7-12(8-14(13)16)11-5-3-2-4-6-11/h2-7,10,13-14,16H,8-9H2,1H3/t13-,14+,16+/m0/s1. The second-order valence-corrected chi connectivity index (χ2v) is 8.20. The Morgan fingerprint density at radius 2 is 2.07 bits per heavy atom. The molecule has 2 aliphatic carbocycles. The Kier molecular flexibility index (Phi) is 3.73. The van der Waals surface area contributed by atoms with Gasteiger partial charge in [0.2, 0.25) is 11.2 Å². The van der Waals surface area contributed by atoms with Crippen LogP contribution in [0.4, 0.5) is 0 Å². The van der Waals surface area contributed by atoms with Crippen molar-refractivity contribution in [2.24, 2.45) is 18.9 Å². The van der Waals surface area contributed by atoms with Crippen molar-refractivity contribution in [1.29, 1.82) is 0 Å². The molecule has 0 spiro atoms. The first-order valence-corrected chi connectivity index (χ1v) is 10.1. The maximum atomic E-state index is 12.8. The number of fused-ring (bicyclic) bond motifs is 2. The van der Waals surface area contributed by atoms with E-state index in [2.05, 4.69) is 50.5 Å². The number of imidazole rings is 1. The molecule has 1 aromatic carbocycles. The van der Waals surface area contributed by atoms with Crippen LogP contribution in [0, 0.1) is 11.8 Å². The van der Waals surface area contributed by atoms with Gasteiger partial charge in [0.1, 0.15) is 12.9 Å². The number of hydrogen-bond donors (Lipinski definition) is 0. The highest BCUT2D eigenvalue weighted by Crippen LogP contribution is 2.62. The van der Waals surface area contributed by atoms with Crippen LogP contribution in [-0.4, -0.2) is 29.2 Å². The van der Waals surface area contributed by atoms with E-state index in [1.165, 1.54) is 26.6 Å². The minimum atomic E-state index is -0.250. The van der Waals surface area contributed by atoms with Crippen LogP contribution in [0.3, 0.4) is 0 Å². The Morgan fingerprint density at radius 3 is 2.83 bits per heavy atom. The summed E-state index contributed by atoms with van der Waals surface area (Å²) in [4.78, 5) is 25.6. The van der Waals surface area contributed by atoms with E-state index in [0.717, 1.165) is 6.42 Å². The fraction of sp³-hybridized carbons (Fsp3) is 0.286. The van der Waals surface area contributed by atoms with Gasteiger partial charge in [-0.05, 0) is 41.0 Å². The molecule has 3 aromatic heterocycles. The van der Waals surface area contributed by atoms with Crippen LogP contribution in [-0.2, 0) is 13.6 Å². The molecule has 0 N–H and O–H groups in total. The third-order valence-corrected chi connectivity index (χ3v) is 6.45. The van der Waals surface area contributed by atoms with E-state index < -0.39 is 0 Å². The summed E-state index contributed by atoms with van der Waals surface area (Å²) in [6, 6.07) is 10.5. The number of hydrogen-bond acceptors (Lipinski definition) is 6. The van der Waals surface area contributed by atoms with Crippen LogP contribution in [0.15, 0.2) is 52.1 Å². The van der Waals surface area contributed by atoms with Gasteiger partial charge in [0.15, 0.2) is 17.0 Å². The maximum Gasteiger partial charge on any atom is 0.280 e. The molecule has 0 aliphatic heterocycles. The minimum absolute atomic E-state index is 0.157.